The van der Waals surface area contributed by atoms with Gasteiger partial charge in [-0.15, -0.1) is 0 Å². The number of benzene rings is 1. The molecule has 1 aromatic rings. The number of carbonyl (C=O) groups excluding carboxylic acids is 1. The first-order chi connectivity index (χ1) is 10.9. The summed E-state index contributed by atoms with van der Waals surface area (Å²) < 4.78 is 43.1. The number of methoxy groups -OCH3 is 2. The van der Waals surface area contributed by atoms with Crippen molar-refractivity contribution in [3.63, 3.8) is 0 Å². The predicted octanol–water partition coefficient (Wildman–Crippen LogP) is 2.16. The molecule has 1 N–H and O–H groups in total. The van der Waals surface area contributed by atoms with E-state index in [1.165, 1.54) is 14.2 Å². The van der Waals surface area contributed by atoms with Gasteiger partial charge in [-0.2, -0.15) is 8.78 Å². The number of piperidine rings is 1. The number of ether oxygens (including phenoxy) is 3. The second-order valence-electron chi connectivity index (χ2n) is 5.21. The number of amides is 1. The van der Waals surface area contributed by atoms with E-state index in [1.807, 2.05) is 18.2 Å². The van der Waals surface area contributed by atoms with E-state index >= 15 is 0 Å². The van der Waals surface area contributed by atoms with E-state index in [0.717, 1.165) is 10.6 Å². The Kier molecular flexibility index (Phi) is 5.51. The molecule has 1 aromatic carbocycles. The predicted molar refractivity (Wildman–Crippen MR) is 77.6 cm³/mol. The van der Waals surface area contributed by atoms with Crippen LogP contribution in [-0.2, 0) is 20.8 Å². The molecule has 0 bridgehead atoms. The van der Waals surface area contributed by atoms with Crippen molar-refractivity contribution in [3.8, 4) is 0 Å². The molecule has 128 valence electrons. The van der Waals surface area contributed by atoms with Crippen LogP contribution in [0.25, 0.3) is 0 Å². The second-order valence-corrected chi connectivity index (χ2v) is 5.21. The van der Waals surface area contributed by atoms with Gasteiger partial charge in [-0.05, 0) is 5.56 Å². The molecule has 1 saturated heterocycles. The van der Waals surface area contributed by atoms with Gasteiger partial charge in [0, 0.05) is 27.2 Å². The number of carbonyl (C=O) groups is 1. The number of alkyl halides is 2. The van der Waals surface area contributed by atoms with Gasteiger partial charge in [0.15, 0.2) is 0 Å². The summed E-state index contributed by atoms with van der Waals surface area (Å²) in [6.07, 6.45) is -0.877. The molecule has 1 heterocycles. The molecule has 0 unspecified atom stereocenters. The van der Waals surface area contributed by atoms with Crippen LogP contribution in [0.5, 0.6) is 0 Å². The maximum absolute atomic E-state index is 14.2. The summed E-state index contributed by atoms with van der Waals surface area (Å²) in [6.45, 7) is -0.510. The maximum Gasteiger partial charge on any atom is 0.422 e. The first-order valence-electron chi connectivity index (χ1n) is 7.13. The number of hydrogen-bond acceptors (Lipinski definition) is 5. The highest BCUT2D eigenvalue weighted by atomic mass is 19.3. The molecule has 0 aliphatic carbocycles. The summed E-state index contributed by atoms with van der Waals surface area (Å²) in [5, 5.41) is 1.10. The SMILES string of the molecule is COC1(OC)CCN(NC(=O)OCc2ccccc2)CC1(F)F. The molecule has 0 saturated carbocycles. The van der Waals surface area contributed by atoms with Crippen LogP contribution < -0.4 is 5.43 Å². The Morgan fingerprint density at radius 3 is 2.48 bits per heavy atom. The van der Waals surface area contributed by atoms with Gasteiger partial charge in [0.05, 0.1) is 6.54 Å². The molecule has 1 fully saturated rings. The monoisotopic (exact) mass is 330 g/mol. The summed E-state index contributed by atoms with van der Waals surface area (Å²) in [4.78, 5) is 11.7. The minimum atomic E-state index is -3.28. The first-order valence-corrected chi connectivity index (χ1v) is 7.13. The number of nitrogens with zero attached hydrogens (tertiary/aromatic N) is 1. The lowest BCUT2D eigenvalue weighted by molar-refractivity contribution is -0.341. The molecule has 1 aliphatic rings. The number of nitrogens with one attached hydrogen (secondary N) is 1. The summed E-state index contributed by atoms with van der Waals surface area (Å²) >= 11 is 0. The fraction of sp³-hybridized carbons (Fsp3) is 0.533. The van der Waals surface area contributed by atoms with Crippen molar-refractivity contribution in [2.24, 2.45) is 0 Å². The molecule has 6 nitrogen and oxygen atoms in total. The highest BCUT2D eigenvalue weighted by Crippen LogP contribution is 2.39. The third kappa shape index (κ3) is 3.95. The third-order valence-corrected chi connectivity index (χ3v) is 3.78. The Morgan fingerprint density at radius 2 is 1.91 bits per heavy atom. The largest absolute Gasteiger partial charge is 0.444 e. The number of hydrogen-bond donors (Lipinski definition) is 1. The molecule has 1 amide bonds. The van der Waals surface area contributed by atoms with Crippen molar-refractivity contribution < 1.29 is 27.8 Å². The zero-order valence-corrected chi connectivity index (χ0v) is 13.1. The Hall–Kier alpha value is -1.77. The van der Waals surface area contributed by atoms with Crippen molar-refractivity contribution in [1.82, 2.24) is 10.4 Å². The third-order valence-electron chi connectivity index (χ3n) is 3.78. The highest BCUT2D eigenvalue weighted by molar-refractivity contribution is 5.66. The Morgan fingerprint density at radius 1 is 1.26 bits per heavy atom. The molecule has 8 heteroatoms. The van der Waals surface area contributed by atoms with Crippen LogP contribution in [0.15, 0.2) is 30.3 Å². The lowest BCUT2D eigenvalue weighted by Gasteiger charge is -2.44. The Bertz CT molecular complexity index is 523. The van der Waals surface area contributed by atoms with Crippen LogP contribution in [-0.4, -0.2) is 50.1 Å². The maximum atomic E-state index is 14.2. The summed E-state index contributed by atoms with van der Waals surface area (Å²) in [7, 11) is 2.35. The Balaban J connectivity index is 1.86. The van der Waals surface area contributed by atoms with Gasteiger partial charge in [-0.3, -0.25) is 5.43 Å². The van der Waals surface area contributed by atoms with Crippen LogP contribution in [0, 0.1) is 0 Å². The van der Waals surface area contributed by atoms with E-state index < -0.39 is 24.3 Å². The van der Waals surface area contributed by atoms with E-state index in [-0.39, 0.29) is 19.6 Å². The first kappa shape index (κ1) is 17.6. The second kappa shape index (κ2) is 7.20. The van der Waals surface area contributed by atoms with Gasteiger partial charge in [0.25, 0.3) is 0 Å². The quantitative estimate of drug-likeness (QED) is 0.839. The van der Waals surface area contributed by atoms with E-state index in [1.54, 1.807) is 12.1 Å². The van der Waals surface area contributed by atoms with Gasteiger partial charge in [0.2, 0.25) is 5.79 Å². The van der Waals surface area contributed by atoms with E-state index in [0.29, 0.717) is 0 Å². The summed E-state index contributed by atoms with van der Waals surface area (Å²) in [5.74, 6) is -5.25. The van der Waals surface area contributed by atoms with Gasteiger partial charge in [0.1, 0.15) is 6.61 Å². The zero-order valence-electron chi connectivity index (χ0n) is 13.1. The molecule has 0 radical (unpaired) electrons. The highest BCUT2D eigenvalue weighted by Gasteiger charge is 2.58. The molecule has 23 heavy (non-hydrogen) atoms. The molecule has 2 rings (SSSR count). The average Bonchev–Trinajstić information content (AvgIpc) is 2.54. The van der Waals surface area contributed by atoms with Gasteiger partial charge < -0.3 is 14.2 Å². The van der Waals surface area contributed by atoms with Gasteiger partial charge >= 0.3 is 12.0 Å². The standard InChI is InChI=1S/C15H20F2N2O4/c1-21-15(22-2)8-9-19(11-14(15,16)17)18-13(20)23-10-12-6-4-3-5-7-12/h3-7H,8-11H2,1-2H3,(H,18,20). The van der Waals surface area contributed by atoms with Crippen LogP contribution in [0.2, 0.25) is 0 Å². The fourth-order valence-electron chi connectivity index (χ4n) is 2.47. The fourth-order valence-corrected chi connectivity index (χ4v) is 2.47. The van der Waals surface area contributed by atoms with Crippen molar-refractivity contribution in [1.29, 1.82) is 0 Å². The number of halogens is 2. The van der Waals surface area contributed by atoms with E-state index in [2.05, 4.69) is 5.43 Å². The minimum absolute atomic E-state index is 0.0665. The Labute approximate surface area is 133 Å². The topological polar surface area (TPSA) is 60.0 Å². The number of hydrazine groups is 1. The minimum Gasteiger partial charge on any atom is -0.444 e. The van der Waals surface area contributed by atoms with E-state index in [9.17, 15) is 13.6 Å². The zero-order chi connectivity index (χ0) is 16.9. The van der Waals surface area contributed by atoms with E-state index in [4.69, 9.17) is 14.2 Å². The van der Waals surface area contributed by atoms with Gasteiger partial charge in [-0.1, -0.05) is 30.3 Å². The summed E-state index contributed by atoms with van der Waals surface area (Å²) in [6, 6.07) is 9.08. The van der Waals surface area contributed by atoms with Crippen LogP contribution in [0.1, 0.15) is 12.0 Å². The van der Waals surface area contributed by atoms with Crippen LogP contribution in [0.4, 0.5) is 13.6 Å². The average molecular weight is 330 g/mol. The normalized spacial score (nSPS) is 20.0. The van der Waals surface area contributed by atoms with Crippen LogP contribution >= 0.6 is 0 Å². The molecule has 0 atom stereocenters. The van der Waals surface area contributed by atoms with Crippen molar-refractivity contribution in [3.05, 3.63) is 35.9 Å². The molecular weight excluding hydrogens is 310 g/mol. The van der Waals surface area contributed by atoms with Crippen LogP contribution in [0.3, 0.4) is 0 Å². The van der Waals surface area contributed by atoms with Crippen molar-refractivity contribution in [2.45, 2.75) is 24.7 Å². The lowest BCUT2D eigenvalue weighted by Crippen LogP contribution is -2.65. The van der Waals surface area contributed by atoms with Crippen molar-refractivity contribution in [2.75, 3.05) is 27.3 Å². The lowest BCUT2D eigenvalue weighted by atomic mass is 10.0. The molecular formula is C15H20F2N2O4. The molecule has 1 aliphatic heterocycles. The summed E-state index contributed by atoms with van der Waals surface area (Å²) in [5.41, 5.74) is 3.12. The van der Waals surface area contributed by atoms with Crippen molar-refractivity contribution >= 4 is 6.09 Å². The van der Waals surface area contributed by atoms with Gasteiger partial charge in [-0.25, -0.2) is 9.80 Å². The molecule has 0 aromatic heterocycles. The smallest absolute Gasteiger partial charge is 0.422 e. The molecule has 0 spiro atoms. The number of rotatable bonds is 5.